The first-order chi connectivity index (χ1) is 12.1. The Morgan fingerprint density at radius 2 is 1.72 bits per heavy atom. The second-order valence-corrected chi connectivity index (χ2v) is 6.50. The van der Waals surface area contributed by atoms with Gasteiger partial charge < -0.3 is 15.8 Å². The van der Waals surface area contributed by atoms with E-state index < -0.39 is 18.0 Å². The van der Waals surface area contributed by atoms with Gasteiger partial charge in [0.05, 0.1) is 0 Å². The molecular weight excluding hydrogens is 336 g/mol. The van der Waals surface area contributed by atoms with E-state index in [1.807, 2.05) is 60.9 Å². The molecule has 3 N–H and O–H groups in total. The number of carbonyl (C=O) groups excluding carboxylic acids is 2. The van der Waals surface area contributed by atoms with Crippen LogP contribution >= 0.6 is 11.8 Å². The van der Waals surface area contributed by atoms with Gasteiger partial charge in [0, 0.05) is 0 Å². The fraction of sp³-hybridized carbons (Fsp3) is 0.263. The van der Waals surface area contributed by atoms with Crippen LogP contribution in [0.2, 0.25) is 0 Å². The minimum absolute atomic E-state index is 0.157. The highest BCUT2D eigenvalue weighted by atomic mass is 32.2. The summed E-state index contributed by atoms with van der Waals surface area (Å²) in [5, 5.41) is 2.43. The summed E-state index contributed by atoms with van der Waals surface area (Å²) in [7, 11) is 0. The molecule has 5 nitrogen and oxygen atoms in total. The first-order valence-electron chi connectivity index (χ1n) is 7.96. The zero-order valence-electron chi connectivity index (χ0n) is 14.1. The molecule has 25 heavy (non-hydrogen) atoms. The molecule has 6 heteroatoms. The summed E-state index contributed by atoms with van der Waals surface area (Å²) in [6.07, 6.45) is 2.41. The van der Waals surface area contributed by atoms with Gasteiger partial charge in [-0.15, -0.1) is 0 Å². The van der Waals surface area contributed by atoms with Crippen LogP contribution in [0.25, 0.3) is 11.1 Å². The Bertz CT molecular complexity index is 690. The highest BCUT2D eigenvalue weighted by molar-refractivity contribution is 7.98. The Labute approximate surface area is 151 Å². The first kappa shape index (κ1) is 18.9. The van der Waals surface area contributed by atoms with Crippen LogP contribution in [0, 0.1) is 0 Å². The van der Waals surface area contributed by atoms with Crippen molar-refractivity contribution < 1.29 is 14.3 Å². The van der Waals surface area contributed by atoms with Crippen LogP contribution in [-0.4, -0.2) is 30.1 Å². The van der Waals surface area contributed by atoms with Crippen LogP contribution in [0.15, 0.2) is 54.6 Å². The molecule has 0 aromatic heterocycles. The number of nitrogens with one attached hydrogen (secondary N) is 1. The number of carbonyl (C=O) groups is 2. The smallest absolute Gasteiger partial charge is 0.329 e. The van der Waals surface area contributed by atoms with Gasteiger partial charge in [-0.1, -0.05) is 54.6 Å². The molecule has 0 heterocycles. The number of nitrogens with two attached hydrogens (primary N) is 1. The molecule has 0 aliphatic heterocycles. The van der Waals surface area contributed by atoms with Gasteiger partial charge >= 0.3 is 12.0 Å². The van der Waals surface area contributed by atoms with Gasteiger partial charge in [0.25, 0.3) is 0 Å². The molecule has 2 aromatic carbocycles. The fourth-order valence-electron chi connectivity index (χ4n) is 2.34. The number of esters is 1. The summed E-state index contributed by atoms with van der Waals surface area (Å²) in [6.45, 7) is 0.157. The van der Waals surface area contributed by atoms with E-state index in [1.54, 1.807) is 11.8 Å². The zero-order chi connectivity index (χ0) is 18.1. The zero-order valence-corrected chi connectivity index (χ0v) is 14.9. The summed E-state index contributed by atoms with van der Waals surface area (Å²) < 4.78 is 5.32. The second kappa shape index (κ2) is 9.74. The maximum absolute atomic E-state index is 12.1. The SMILES string of the molecule is CSCC[C@H](NC(N)=O)C(=O)OCc1ccc(-c2ccccc2)cc1. The van der Waals surface area contributed by atoms with E-state index in [9.17, 15) is 9.59 Å². The monoisotopic (exact) mass is 358 g/mol. The molecule has 0 spiro atoms. The molecular formula is C19H22N2O3S. The van der Waals surface area contributed by atoms with Gasteiger partial charge in [-0.05, 0) is 35.1 Å². The van der Waals surface area contributed by atoms with Crippen LogP contribution in [-0.2, 0) is 16.1 Å². The number of hydrogen-bond acceptors (Lipinski definition) is 4. The van der Waals surface area contributed by atoms with Crippen LogP contribution in [0.1, 0.15) is 12.0 Å². The van der Waals surface area contributed by atoms with Crippen molar-refractivity contribution in [3.8, 4) is 11.1 Å². The molecule has 1 atom stereocenters. The molecule has 0 aliphatic carbocycles. The largest absolute Gasteiger partial charge is 0.459 e. The van der Waals surface area contributed by atoms with Crippen LogP contribution in [0.3, 0.4) is 0 Å². The van der Waals surface area contributed by atoms with Crippen molar-refractivity contribution in [2.75, 3.05) is 12.0 Å². The van der Waals surface area contributed by atoms with Crippen molar-refractivity contribution in [1.82, 2.24) is 5.32 Å². The van der Waals surface area contributed by atoms with Gasteiger partial charge in [0.15, 0.2) is 0 Å². The van der Waals surface area contributed by atoms with E-state index in [1.165, 1.54) is 0 Å². The van der Waals surface area contributed by atoms with Crippen molar-refractivity contribution in [2.24, 2.45) is 5.73 Å². The lowest BCUT2D eigenvalue weighted by molar-refractivity contribution is -0.147. The Morgan fingerprint density at radius 1 is 1.08 bits per heavy atom. The second-order valence-electron chi connectivity index (χ2n) is 5.51. The van der Waals surface area contributed by atoms with E-state index in [4.69, 9.17) is 10.5 Å². The molecule has 0 fully saturated rings. The van der Waals surface area contributed by atoms with Crippen molar-refractivity contribution in [1.29, 1.82) is 0 Å². The number of hydrogen-bond donors (Lipinski definition) is 2. The fourth-order valence-corrected chi connectivity index (χ4v) is 2.81. The maximum Gasteiger partial charge on any atom is 0.329 e. The Hall–Kier alpha value is -2.47. The predicted octanol–water partition coefficient (Wildman–Crippen LogP) is 3.19. The van der Waals surface area contributed by atoms with Crippen molar-refractivity contribution in [3.63, 3.8) is 0 Å². The lowest BCUT2D eigenvalue weighted by Gasteiger charge is -2.16. The summed E-state index contributed by atoms with van der Waals surface area (Å²) in [6, 6.07) is 16.4. The molecule has 0 saturated carbocycles. The van der Waals surface area contributed by atoms with Crippen molar-refractivity contribution >= 4 is 23.8 Å². The van der Waals surface area contributed by atoms with Gasteiger partial charge in [-0.2, -0.15) is 11.8 Å². The quantitative estimate of drug-likeness (QED) is 0.710. The molecule has 0 radical (unpaired) electrons. The minimum Gasteiger partial charge on any atom is -0.459 e. The molecule has 132 valence electrons. The van der Waals surface area contributed by atoms with Gasteiger partial charge in [0.2, 0.25) is 0 Å². The summed E-state index contributed by atoms with van der Waals surface area (Å²) in [5.41, 5.74) is 8.24. The number of ether oxygens (including phenoxy) is 1. The van der Waals surface area contributed by atoms with Crippen molar-refractivity contribution in [2.45, 2.75) is 19.1 Å². The topological polar surface area (TPSA) is 81.4 Å². The van der Waals surface area contributed by atoms with Crippen LogP contribution in [0.4, 0.5) is 4.79 Å². The highest BCUT2D eigenvalue weighted by Crippen LogP contribution is 2.19. The number of benzene rings is 2. The molecule has 0 aliphatic rings. The molecule has 2 amide bonds. The summed E-state index contributed by atoms with van der Waals surface area (Å²) in [4.78, 5) is 23.2. The van der Waals surface area contributed by atoms with E-state index >= 15 is 0 Å². The third-order valence-corrected chi connectivity index (χ3v) is 4.30. The average molecular weight is 358 g/mol. The molecule has 0 bridgehead atoms. The predicted molar refractivity (Wildman–Crippen MR) is 101 cm³/mol. The normalized spacial score (nSPS) is 11.6. The molecule has 0 unspecified atom stereocenters. The molecule has 2 aromatic rings. The van der Waals surface area contributed by atoms with E-state index in [-0.39, 0.29) is 6.61 Å². The Morgan fingerprint density at radius 3 is 2.32 bits per heavy atom. The number of amides is 2. The third-order valence-electron chi connectivity index (χ3n) is 3.65. The number of thioether (sulfide) groups is 1. The summed E-state index contributed by atoms with van der Waals surface area (Å²) in [5.74, 6) is 0.256. The number of primary amides is 1. The summed E-state index contributed by atoms with van der Waals surface area (Å²) >= 11 is 1.59. The van der Waals surface area contributed by atoms with E-state index in [0.29, 0.717) is 6.42 Å². The average Bonchev–Trinajstić information content (AvgIpc) is 2.64. The highest BCUT2D eigenvalue weighted by Gasteiger charge is 2.20. The third kappa shape index (κ3) is 6.15. The minimum atomic E-state index is -0.727. The number of urea groups is 1. The molecule has 2 rings (SSSR count). The van der Waals surface area contributed by atoms with E-state index in [0.717, 1.165) is 22.4 Å². The standard InChI is InChI=1S/C19H22N2O3S/c1-25-12-11-17(21-19(20)23)18(22)24-13-14-7-9-16(10-8-14)15-5-3-2-4-6-15/h2-10,17H,11-13H2,1H3,(H3,20,21,23)/t17-/m0/s1. The Kier molecular flexibility index (Phi) is 7.35. The number of rotatable bonds is 8. The Balaban J connectivity index is 1.92. The van der Waals surface area contributed by atoms with Gasteiger partial charge in [0.1, 0.15) is 12.6 Å². The molecule has 0 saturated heterocycles. The van der Waals surface area contributed by atoms with Gasteiger partial charge in [-0.3, -0.25) is 0 Å². The van der Waals surface area contributed by atoms with Crippen molar-refractivity contribution in [3.05, 3.63) is 60.2 Å². The lowest BCUT2D eigenvalue weighted by atomic mass is 10.0. The maximum atomic E-state index is 12.1. The first-order valence-corrected chi connectivity index (χ1v) is 9.35. The lowest BCUT2D eigenvalue weighted by Crippen LogP contribution is -2.44. The van der Waals surface area contributed by atoms with E-state index in [2.05, 4.69) is 5.32 Å². The van der Waals surface area contributed by atoms with Crippen LogP contribution in [0.5, 0.6) is 0 Å². The van der Waals surface area contributed by atoms with Crippen LogP contribution < -0.4 is 11.1 Å². The van der Waals surface area contributed by atoms with Gasteiger partial charge in [-0.25, -0.2) is 9.59 Å².